The second-order valence-corrected chi connectivity index (χ2v) is 11.6. The molecule has 0 spiro atoms. The first-order valence-corrected chi connectivity index (χ1v) is 15.9. The summed E-state index contributed by atoms with van der Waals surface area (Å²) in [5, 5.41) is 90.6. The summed E-state index contributed by atoms with van der Waals surface area (Å²) < 4.78 is 45.2. The van der Waals surface area contributed by atoms with E-state index in [2.05, 4.69) is 0 Å². The average molecular weight is 727 g/mol. The van der Waals surface area contributed by atoms with Crippen LogP contribution in [0.1, 0.15) is 16.7 Å². The van der Waals surface area contributed by atoms with Crippen LogP contribution in [0, 0.1) is 0 Å². The van der Waals surface area contributed by atoms with Crippen LogP contribution in [0.3, 0.4) is 0 Å². The summed E-state index contributed by atoms with van der Waals surface area (Å²) in [7, 11) is 5.51. The Labute approximate surface area is 293 Å². The molecule has 2 aromatic rings. The van der Waals surface area contributed by atoms with E-state index in [0.29, 0.717) is 16.7 Å². The molecule has 51 heavy (non-hydrogen) atoms. The Bertz CT molecular complexity index is 1470. The minimum Gasteiger partial charge on any atom is -0.493 e. The van der Waals surface area contributed by atoms with Crippen LogP contribution in [0.2, 0.25) is 0 Å². The average Bonchev–Trinajstić information content (AvgIpc) is 3.14. The highest BCUT2D eigenvalue weighted by molar-refractivity contribution is 5.69. The van der Waals surface area contributed by atoms with E-state index in [4.69, 9.17) is 37.9 Å². The normalized spacial score (nSPS) is 29.7. The fraction of sp³-hybridized carbons (Fsp3) is 0.529. The number of rotatable bonds is 15. The van der Waals surface area contributed by atoms with Crippen LogP contribution >= 0.6 is 0 Å². The molecule has 0 unspecified atom stereocenters. The highest BCUT2D eigenvalue weighted by atomic mass is 16.7. The Morgan fingerprint density at radius 1 is 0.569 bits per heavy atom. The Morgan fingerprint density at radius 2 is 1.06 bits per heavy atom. The molecule has 2 heterocycles. The van der Waals surface area contributed by atoms with Gasteiger partial charge in [0.1, 0.15) is 48.8 Å². The van der Waals surface area contributed by atoms with Crippen molar-refractivity contribution in [3.63, 3.8) is 0 Å². The minimum absolute atomic E-state index is 0.00749. The molecule has 4 rings (SSSR count). The molecular formula is C34H46O17. The monoisotopic (exact) mass is 726 g/mol. The van der Waals surface area contributed by atoms with Crippen molar-refractivity contribution in [3.05, 3.63) is 47.0 Å². The molecule has 0 radical (unpaired) electrons. The van der Waals surface area contributed by atoms with Crippen LogP contribution in [0.4, 0.5) is 0 Å². The molecule has 0 bridgehead atoms. The lowest BCUT2D eigenvalue weighted by molar-refractivity contribution is -0.277. The molecule has 10 atom stereocenters. The zero-order chi connectivity index (χ0) is 37.4. The van der Waals surface area contributed by atoms with Gasteiger partial charge in [0.2, 0.25) is 24.1 Å². The summed E-state index contributed by atoms with van der Waals surface area (Å²) in [6, 6.07) is 4.81. The molecule has 0 amide bonds. The van der Waals surface area contributed by atoms with E-state index in [-0.39, 0.29) is 47.5 Å². The van der Waals surface area contributed by atoms with Gasteiger partial charge in [-0.05, 0) is 35.7 Å². The number of hydrogen-bond acceptors (Lipinski definition) is 17. The summed E-state index contributed by atoms with van der Waals surface area (Å²) in [6.07, 6.45) is -8.47. The summed E-state index contributed by atoms with van der Waals surface area (Å²) >= 11 is 0. The van der Waals surface area contributed by atoms with Gasteiger partial charge in [0.05, 0.1) is 48.3 Å². The predicted octanol–water partition coefficient (Wildman–Crippen LogP) is -1.66. The van der Waals surface area contributed by atoms with E-state index in [1.807, 2.05) is 0 Å². The first kappa shape index (κ1) is 40.1. The van der Waals surface area contributed by atoms with Crippen molar-refractivity contribution in [2.24, 2.45) is 0 Å². The van der Waals surface area contributed by atoms with E-state index in [1.165, 1.54) is 34.5 Å². The zero-order valence-electron chi connectivity index (χ0n) is 28.4. The third-order valence-electron chi connectivity index (χ3n) is 8.45. The van der Waals surface area contributed by atoms with Gasteiger partial charge in [0.25, 0.3) is 0 Å². The molecule has 9 N–H and O–H groups in total. The summed E-state index contributed by atoms with van der Waals surface area (Å²) in [5.41, 5.74) is 1.69. The molecule has 2 saturated heterocycles. The van der Waals surface area contributed by atoms with E-state index in [1.54, 1.807) is 36.4 Å². The van der Waals surface area contributed by atoms with Gasteiger partial charge in [-0.2, -0.15) is 0 Å². The van der Waals surface area contributed by atoms with Crippen molar-refractivity contribution >= 4 is 12.2 Å². The largest absolute Gasteiger partial charge is 0.493 e. The van der Waals surface area contributed by atoms with Crippen LogP contribution < -0.4 is 28.4 Å². The second kappa shape index (κ2) is 18.2. The molecule has 17 nitrogen and oxygen atoms in total. The fourth-order valence-electron chi connectivity index (χ4n) is 5.68. The topological polar surface area (TPSA) is 256 Å². The van der Waals surface area contributed by atoms with Gasteiger partial charge in [-0.3, -0.25) is 0 Å². The molecule has 2 aliphatic rings. The maximum atomic E-state index is 10.6. The van der Waals surface area contributed by atoms with E-state index in [9.17, 15) is 46.0 Å². The molecular weight excluding hydrogens is 680 g/mol. The molecule has 2 fully saturated rings. The van der Waals surface area contributed by atoms with E-state index in [0.717, 1.165) is 0 Å². The second-order valence-electron chi connectivity index (χ2n) is 11.6. The first-order chi connectivity index (χ1) is 24.5. The molecule has 0 aromatic heterocycles. The lowest BCUT2D eigenvalue weighted by Crippen LogP contribution is -2.60. The fourth-order valence-corrected chi connectivity index (χ4v) is 5.68. The van der Waals surface area contributed by atoms with Crippen molar-refractivity contribution in [2.75, 3.05) is 48.3 Å². The van der Waals surface area contributed by atoms with Crippen molar-refractivity contribution in [1.29, 1.82) is 0 Å². The van der Waals surface area contributed by atoms with Gasteiger partial charge >= 0.3 is 0 Å². The van der Waals surface area contributed by atoms with Crippen LogP contribution in [0.5, 0.6) is 34.5 Å². The quantitative estimate of drug-likeness (QED) is 0.0995. The lowest BCUT2D eigenvalue weighted by atomic mass is 9.98. The maximum absolute atomic E-state index is 10.6. The van der Waals surface area contributed by atoms with Gasteiger partial charge in [-0.25, -0.2) is 0 Å². The number of ether oxygens (including phenoxy) is 8. The van der Waals surface area contributed by atoms with Gasteiger partial charge in [0.15, 0.2) is 23.0 Å². The molecule has 0 aliphatic carbocycles. The number of hydrogen-bond donors (Lipinski definition) is 9. The van der Waals surface area contributed by atoms with Gasteiger partial charge in [-0.15, -0.1) is 0 Å². The number of allylic oxidation sites excluding steroid dienone is 1. The molecule has 284 valence electrons. The molecule has 0 saturated carbocycles. The summed E-state index contributed by atoms with van der Waals surface area (Å²) in [5.74, 6) is 0.645. The third kappa shape index (κ3) is 8.67. The Kier molecular flexibility index (Phi) is 14.3. The number of aliphatic hydroxyl groups excluding tert-OH is 9. The van der Waals surface area contributed by atoms with Crippen molar-refractivity contribution in [2.45, 2.75) is 67.8 Å². The van der Waals surface area contributed by atoms with Crippen molar-refractivity contribution in [3.8, 4) is 34.5 Å². The molecule has 2 aliphatic heterocycles. The number of methoxy groups -OCH3 is 4. The minimum atomic E-state index is -1.70. The predicted molar refractivity (Wildman–Crippen MR) is 177 cm³/mol. The standard InChI is InChI=1S/C34H46O17/c1-44-19-11-16(12-20(45-2)31(19)50-33-28(42)26(40)24(38)22(14-36)48-33)7-5-9-18-17(8-6-10-35)13-21(46-3)32(30(18)47-4)51-34-29(43)27(41)25(39)23(15-37)49-34/h5-8,11-13,22-29,33-43H,9-10,14-15H2,1-4H3/b7-5-,8-6+/t22-,23-,24-,25-,26+,27+,28-,29-,33+,34+/m1/s1. The SMILES string of the molecule is COc1cc(/C=C\Cc2c(/C=C/CO)cc(OC)c(O[C@@H]3O[C@H](CO)[C@@H](O)[C@H](O)[C@H]3O)c2OC)cc(OC)c1O[C@@H]1O[C@H](CO)[C@@H](O)[C@H](O)[C@H]1O. The Morgan fingerprint density at radius 3 is 1.51 bits per heavy atom. The highest BCUT2D eigenvalue weighted by Gasteiger charge is 2.46. The van der Waals surface area contributed by atoms with E-state index >= 15 is 0 Å². The van der Waals surface area contributed by atoms with E-state index < -0.39 is 74.6 Å². The molecule has 2 aromatic carbocycles. The van der Waals surface area contributed by atoms with Gasteiger partial charge < -0.3 is 83.9 Å². The number of aliphatic hydroxyl groups is 9. The smallest absolute Gasteiger partial charge is 0.229 e. The third-order valence-corrected chi connectivity index (χ3v) is 8.45. The van der Waals surface area contributed by atoms with Crippen LogP contribution in [0.15, 0.2) is 30.4 Å². The first-order valence-electron chi connectivity index (χ1n) is 15.9. The zero-order valence-corrected chi connectivity index (χ0v) is 28.4. The summed E-state index contributed by atoms with van der Waals surface area (Å²) in [6.45, 7) is -1.56. The van der Waals surface area contributed by atoms with Gasteiger partial charge in [0, 0.05) is 5.56 Å². The van der Waals surface area contributed by atoms with Crippen molar-refractivity contribution < 1.29 is 83.9 Å². The highest BCUT2D eigenvalue weighted by Crippen LogP contribution is 2.45. The van der Waals surface area contributed by atoms with Gasteiger partial charge in [-0.1, -0.05) is 24.3 Å². The Balaban J connectivity index is 1.67. The van der Waals surface area contributed by atoms with Crippen LogP contribution in [-0.4, -0.2) is 156 Å². The van der Waals surface area contributed by atoms with Crippen LogP contribution in [0.25, 0.3) is 12.2 Å². The van der Waals surface area contributed by atoms with Crippen LogP contribution in [-0.2, 0) is 15.9 Å². The summed E-state index contributed by atoms with van der Waals surface area (Å²) in [4.78, 5) is 0. The number of benzene rings is 2. The molecule has 17 heteroatoms. The van der Waals surface area contributed by atoms with Crippen molar-refractivity contribution in [1.82, 2.24) is 0 Å². The Hall–Kier alpha value is -3.72. The lowest BCUT2D eigenvalue weighted by Gasteiger charge is -2.39. The maximum Gasteiger partial charge on any atom is 0.229 e.